The Morgan fingerprint density at radius 2 is 2.00 bits per heavy atom. The van der Waals surface area contributed by atoms with Crippen LogP contribution in [0.4, 0.5) is 5.69 Å². The first-order valence-electron chi connectivity index (χ1n) is 3.98. The van der Waals surface area contributed by atoms with E-state index in [9.17, 15) is 23.3 Å². The molecule has 0 N–H and O–H groups in total. The number of rotatable bonds is 3. The Hall–Kier alpha value is -1.96. The fraction of sp³-hybridized carbons (Fsp3) is 0.125. The summed E-state index contributed by atoms with van der Waals surface area (Å²) in [6.07, 6.45) is 0. The Labute approximate surface area is 91.7 Å². The van der Waals surface area contributed by atoms with E-state index in [-0.39, 0.29) is 10.5 Å². The van der Waals surface area contributed by atoms with Crippen molar-refractivity contribution in [1.29, 1.82) is 0 Å². The number of esters is 1. The predicted molar refractivity (Wildman–Crippen MR) is 53.0 cm³/mol. The van der Waals surface area contributed by atoms with Crippen LogP contribution in [-0.2, 0) is 15.4 Å². The van der Waals surface area contributed by atoms with Gasteiger partial charge in [-0.2, -0.15) is 0 Å². The molecule has 0 aliphatic carbocycles. The fourth-order valence-electron chi connectivity index (χ4n) is 1.04. The number of benzene rings is 1. The third kappa shape index (κ3) is 2.54. The Morgan fingerprint density at radius 3 is 2.44 bits per heavy atom. The molecule has 86 valence electrons. The summed E-state index contributed by atoms with van der Waals surface area (Å²) in [4.78, 5) is 20.5. The lowest BCUT2D eigenvalue weighted by molar-refractivity contribution is -0.385. The monoisotopic (exact) mass is 245 g/mol. The molecule has 0 spiro atoms. The van der Waals surface area contributed by atoms with Crippen LogP contribution in [0.1, 0.15) is 10.4 Å². The second-order valence-electron chi connectivity index (χ2n) is 2.74. The molecular weight excluding hydrogens is 238 g/mol. The van der Waals surface area contributed by atoms with Gasteiger partial charge < -0.3 is 4.74 Å². The summed E-state index contributed by atoms with van der Waals surface area (Å²) in [5.74, 6) is -0.832. The molecule has 0 heterocycles. The average Bonchev–Trinajstić information content (AvgIpc) is 2.27. The van der Waals surface area contributed by atoms with E-state index < -0.39 is 27.3 Å². The van der Waals surface area contributed by atoms with Gasteiger partial charge in [-0.3, -0.25) is 10.1 Å². The van der Waals surface area contributed by atoms with Gasteiger partial charge >= 0.3 is 5.97 Å². The zero-order valence-electron chi connectivity index (χ0n) is 8.08. The number of carbonyl (C=O) groups is 1. The second kappa shape index (κ2) is 4.71. The summed E-state index contributed by atoms with van der Waals surface area (Å²) >= 11 is 0. The summed E-state index contributed by atoms with van der Waals surface area (Å²) in [6.45, 7) is 0. The third-order valence-corrected chi connectivity index (χ3v) is 2.43. The van der Waals surface area contributed by atoms with Crippen molar-refractivity contribution in [2.24, 2.45) is 0 Å². The zero-order chi connectivity index (χ0) is 12.3. The molecule has 1 aromatic carbocycles. The highest BCUT2D eigenvalue weighted by atomic mass is 32.2. The Morgan fingerprint density at radius 1 is 1.38 bits per heavy atom. The number of non-ortho nitro benzene ring substituents is 1. The largest absolute Gasteiger partial charge is 0.465 e. The van der Waals surface area contributed by atoms with Crippen LogP contribution >= 0.6 is 0 Å². The lowest BCUT2D eigenvalue weighted by atomic mass is 10.2. The summed E-state index contributed by atoms with van der Waals surface area (Å²) in [5, 5.41) is 10.5. The van der Waals surface area contributed by atoms with Crippen LogP contribution in [0.3, 0.4) is 0 Å². The molecule has 1 aromatic rings. The van der Waals surface area contributed by atoms with E-state index in [1.165, 1.54) is 0 Å². The van der Waals surface area contributed by atoms with Gasteiger partial charge in [-0.15, -0.1) is 0 Å². The number of hydrogen-bond donors (Lipinski definition) is 1. The van der Waals surface area contributed by atoms with E-state index in [0.717, 1.165) is 25.3 Å². The predicted octanol–water partition coefficient (Wildman–Crippen LogP) is 0.352. The zero-order valence-corrected chi connectivity index (χ0v) is 8.97. The quantitative estimate of drug-likeness (QED) is 0.356. The molecule has 7 nitrogen and oxygen atoms in total. The van der Waals surface area contributed by atoms with Crippen LogP contribution in [0.2, 0.25) is 0 Å². The van der Waals surface area contributed by atoms with Gasteiger partial charge in [0.05, 0.1) is 22.5 Å². The van der Waals surface area contributed by atoms with Crippen LogP contribution in [-0.4, -0.2) is 26.4 Å². The van der Waals surface area contributed by atoms with Gasteiger partial charge in [0, 0.05) is 12.1 Å². The maximum Gasteiger partial charge on any atom is 0.338 e. The van der Waals surface area contributed by atoms with Crippen molar-refractivity contribution in [3.63, 3.8) is 0 Å². The number of nitro benzene ring substituents is 1. The van der Waals surface area contributed by atoms with Gasteiger partial charge in [0.25, 0.3) is 5.69 Å². The molecule has 1 rings (SSSR count). The number of ether oxygens (including phenoxy) is 1. The van der Waals surface area contributed by atoms with E-state index >= 15 is 0 Å². The standard InChI is InChI=1S/C8H7NO6S/c1-15-8(10)5-2-6(9(11)12)4-7(3-5)16(13)14/h2-4,16H,1H3. The molecule has 0 atom stereocenters. The summed E-state index contributed by atoms with van der Waals surface area (Å²) in [7, 11) is -1.90. The van der Waals surface area contributed by atoms with Crippen molar-refractivity contribution in [3.05, 3.63) is 33.9 Å². The van der Waals surface area contributed by atoms with Crippen molar-refractivity contribution in [2.75, 3.05) is 7.11 Å². The highest BCUT2D eigenvalue weighted by molar-refractivity contribution is 7.72. The Balaban J connectivity index is 3.41. The van der Waals surface area contributed by atoms with Crippen molar-refractivity contribution in [1.82, 2.24) is 0 Å². The molecule has 0 aliphatic rings. The molecule has 8 heteroatoms. The van der Waals surface area contributed by atoms with E-state index in [2.05, 4.69) is 4.74 Å². The summed E-state index contributed by atoms with van der Waals surface area (Å²) in [5.41, 5.74) is -0.650. The Bertz CT molecular complexity index is 513. The molecule has 0 fully saturated rings. The molecular formula is C8H7NO6S. The van der Waals surface area contributed by atoms with Gasteiger partial charge in [-0.1, -0.05) is 0 Å². The summed E-state index contributed by atoms with van der Waals surface area (Å²) < 4.78 is 25.7. The smallest absolute Gasteiger partial charge is 0.338 e. The number of nitro groups is 1. The average molecular weight is 245 g/mol. The number of nitrogens with zero attached hydrogens (tertiary/aromatic N) is 1. The highest BCUT2D eigenvalue weighted by Gasteiger charge is 2.15. The van der Waals surface area contributed by atoms with Gasteiger partial charge in [0.2, 0.25) is 0 Å². The first kappa shape index (κ1) is 12.1. The minimum Gasteiger partial charge on any atom is -0.465 e. The van der Waals surface area contributed by atoms with Crippen molar-refractivity contribution < 1.29 is 22.9 Å². The molecule has 0 radical (unpaired) electrons. The minimum atomic E-state index is -2.99. The van der Waals surface area contributed by atoms with Crippen molar-refractivity contribution >= 4 is 22.4 Å². The Kier molecular flexibility index (Phi) is 3.56. The van der Waals surface area contributed by atoms with Gasteiger partial charge in [0.1, 0.15) is 0 Å². The van der Waals surface area contributed by atoms with Crippen molar-refractivity contribution in [2.45, 2.75) is 4.90 Å². The number of hydrogen-bond acceptors (Lipinski definition) is 6. The van der Waals surface area contributed by atoms with Crippen molar-refractivity contribution in [3.8, 4) is 0 Å². The second-order valence-corrected chi connectivity index (χ2v) is 3.77. The molecule has 0 unspecified atom stereocenters. The van der Waals surface area contributed by atoms with Gasteiger partial charge in [-0.05, 0) is 6.07 Å². The van der Waals surface area contributed by atoms with Gasteiger partial charge in [0.15, 0.2) is 10.7 Å². The highest BCUT2D eigenvalue weighted by Crippen LogP contribution is 2.18. The maximum absolute atomic E-state index is 11.1. The van der Waals surface area contributed by atoms with E-state index in [1.807, 2.05) is 0 Å². The van der Waals surface area contributed by atoms with Crippen LogP contribution in [0.25, 0.3) is 0 Å². The first-order valence-corrected chi connectivity index (χ1v) is 5.15. The number of methoxy groups -OCH3 is 1. The van der Waals surface area contributed by atoms with Crippen LogP contribution < -0.4 is 0 Å². The van der Waals surface area contributed by atoms with E-state index in [0.29, 0.717) is 0 Å². The number of carbonyl (C=O) groups excluding carboxylic acids is 1. The fourth-order valence-corrected chi connectivity index (χ4v) is 1.52. The minimum absolute atomic E-state index is 0.175. The first-order chi connectivity index (χ1) is 7.45. The van der Waals surface area contributed by atoms with Gasteiger partial charge in [-0.25, -0.2) is 13.2 Å². The molecule has 0 aliphatic heterocycles. The molecule has 16 heavy (non-hydrogen) atoms. The lowest BCUT2D eigenvalue weighted by Gasteiger charge is -2.00. The molecule has 0 bridgehead atoms. The molecule has 0 saturated heterocycles. The molecule has 0 aromatic heterocycles. The molecule has 0 saturated carbocycles. The summed E-state index contributed by atoms with van der Waals surface area (Å²) in [6, 6.07) is 2.84. The van der Waals surface area contributed by atoms with E-state index in [4.69, 9.17) is 0 Å². The SMILES string of the molecule is COC(=O)c1cc([N+](=O)[O-])cc([SH](=O)=O)c1. The van der Waals surface area contributed by atoms with Crippen LogP contribution in [0.15, 0.2) is 23.1 Å². The topological polar surface area (TPSA) is 104 Å². The third-order valence-electron chi connectivity index (χ3n) is 1.75. The van der Waals surface area contributed by atoms with Crippen LogP contribution in [0.5, 0.6) is 0 Å². The maximum atomic E-state index is 11.1. The normalized spacial score (nSPS) is 10.1. The lowest BCUT2D eigenvalue weighted by Crippen LogP contribution is -2.03. The number of thiol groups is 1. The molecule has 0 amide bonds. The van der Waals surface area contributed by atoms with Crippen LogP contribution in [0, 0.1) is 10.1 Å². The van der Waals surface area contributed by atoms with E-state index in [1.54, 1.807) is 0 Å².